The number of likely N-dealkylation sites (N-methyl/N-ethyl adjacent to an activating group) is 2. The van der Waals surface area contributed by atoms with Crippen molar-refractivity contribution in [2.45, 2.75) is 58.1 Å². The fraction of sp³-hybridized carbons (Fsp3) is 0.385. The van der Waals surface area contributed by atoms with E-state index in [1.807, 2.05) is 30.3 Å². The third-order valence-corrected chi connectivity index (χ3v) is 9.59. The lowest BCUT2D eigenvalue weighted by atomic mass is 9.81. The molecule has 1 atom stereocenters. The Morgan fingerprint density at radius 2 is 1.52 bits per heavy atom. The highest BCUT2D eigenvalue weighted by Crippen LogP contribution is 2.41. The van der Waals surface area contributed by atoms with E-state index >= 15 is 0 Å². The number of carbonyl (C=O) groups is 1. The van der Waals surface area contributed by atoms with Crippen molar-refractivity contribution in [2.24, 2.45) is 0 Å². The highest BCUT2D eigenvalue weighted by atomic mass is 19.4. The Bertz CT molecular complexity index is 1850. The summed E-state index contributed by atoms with van der Waals surface area (Å²) in [5, 5.41) is 0. The van der Waals surface area contributed by atoms with Crippen molar-refractivity contribution in [2.75, 3.05) is 49.6 Å². The molecule has 4 aromatic rings. The lowest BCUT2D eigenvalue weighted by Gasteiger charge is -2.42. The van der Waals surface area contributed by atoms with Gasteiger partial charge in [0.25, 0.3) is 0 Å². The predicted octanol–water partition coefficient (Wildman–Crippen LogP) is 8.90. The monoisotopic (exact) mass is 730 g/mol. The second kappa shape index (κ2) is 15.2. The summed E-state index contributed by atoms with van der Waals surface area (Å²) < 4.78 is 103. The summed E-state index contributed by atoms with van der Waals surface area (Å²) in [4.78, 5) is 24.5. The molecule has 1 aliphatic rings. The summed E-state index contributed by atoms with van der Waals surface area (Å²) in [5.41, 5.74) is -2.46. The Morgan fingerprint density at radius 1 is 0.885 bits per heavy atom. The summed E-state index contributed by atoms with van der Waals surface area (Å²) in [6, 6.07) is 16.8. The van der Waals surface area contributed by atoms with Gasteiger partial charge >= 0.3 is 12.4 Å². The van der Waals surface area contributed by atoms with E-state index in [4.69, 9.17) is 9.72 Å². The first-order chi connectivity index (χ1) is 24.4. The first-order valence-electron chi connectivity index (χ1n) is 16.9. The van der Waals surface area contributed by atoms with Gasteiger partial charge in [0.15, 0.2) is 0 Å². The van der Waals surface area contributed by atoms with Crippen LogP contribution in [-0.2, 0) is 33.9 Å². The Morgan fingerprint density at radius 3 is 2.12 bits per heavy atom. The van der Waals surface area contributed by atoms with Gasteiger partial charge in [-0.2, -0.15) is 26.3 Å². The number of amides is 1. The van der Waals surface area contributed by atoms with Gasteiger partial charge in [-0.05, 0) is 86.0 Å². The molecule has 2 heterocycles. The summed E-state index contributed by atoms with van der Waals surface area (Å²) >= 11 is 0. The third-order valence-electron chi connectivity index (χ3n) is 9.59. The first-order valence-corrected chi connectivity index (χ1v) is 16.9. The van der Waals surface area contributed by atoms with Gasteiger partial charge in [0.2, 0.25) is 5.91 Å². The van der Waals surface area contributed by atoms with E-state index in [-0.39, 0.29) is 17.8 Å². The molecule has 0 N–H and O–H groups in total. The zero-order valence-corrected chi connectivity index (χ0v) is 29.6. The SMILES string of the molecule is CCN1CCN(c2cc(-c3ccc(F)cc3C)c(N(C)C(=O)C(C)(C)c3cc(C(F)(F)F)cc(C(F)(F)F)c3)cn2)C(COCc2ccccc2)C1. The molecule has 0 spiro atoms. The quantitative estimate of drug-likeness (QED) is 0.153. The Hall–Kier alpha value is -4.49. The Balaban J connectivity index is 1.54. The van der Waals surface area contributed by atoms with E-state index in [9.17, 15) is 35.5 Å². The highest BCUT2D eigenvalue weighted by molar-refractivity contribution is 6.03. The van der Waals surface area contributed by atoms with E-state index in [2.05, 4.69) is 16.7 Å². The van der Waals surface area contributed by atoms with Gasteiger partial charge in [-0.1, -0.05) is 43.3 Å². The highest BCUT2D eigenvalue weighted by Gasteiger charge is 2.41. The van der Waals surface area contributed by atoms with Crippen LogP contribution in [0, 0.1) is 12.7 Å². The van der Waals surface area contributed by atoms with Crippen LogP contribution in [0.15, 0.2) is 79.0 Å². The molecule has 5 rings (SSSR count). The van der Waals surface area contributed by atoms with Crippen LogP contribution in [0.5, 0.6) is 0 Å². The summed E-state index contributed by atoms with van der Waals surface area (Å²) in [6.07, 6.45) is -8.70. The van der Waals surface area contributed by atoms with E-state index < -0.39 is 46.2 Å². The minimum absolute atomic E-state index is 0.0339. The summed E-state index contributed by atoms with van der Waals surface area (Å²) in [7, 11) is 1.39. The minimum atomic E-state index is -5.08. The summed E-state index contributed by atoms with van der Waals surface area (Å²) in [6.45, 7) is 10.1. The van der Waals surface area contributed by atoms with Crippen molar-refractivity contribution in [3.05, 3.63) is 113 Å². The Kier molecular flexibility index (Phi) is 11.4. The van der Waals surface area contributed by atoms with Crippen LogP contribution in [0.4, 0.5) is 42.2 Å². The van der Waals surface area contributed by atoms with Crippen molar-refractivity contribution in [1.82, 2.24) is 9.88 Å². The van der Waals surface area contributed by atoms with Gasteiger partial charge in [0.05, 0.1) is 47.7 Å². The fourth-order valence-electron chi connectivity index (χ4n) is 6.51. The molecule has 0 aliphatic carbocycles. The molecule has 52 heavy (non-hydrogen) atoms. The molecule has 6 nitrogen and oxygen atoms in total. The number of alkyl halides is 6. The van der Waals surface area contributed by atoms with Gasteiger partial charge in [0.1, 0.15) is 11.6 Å². The normalized spacial score (nSPS) is 15.9. The predicted molar refractivity (Wildman–Crippen MR) is 187 cm³/mol. The van der Waals surface area contributed by atoms with Gasteiger partial charge < -0.3 is 14.5 Å². The second-order valence-electron chi connectivity index (χ2n) is 13.5. The lowest BCUT2D eigenvalue weighted by Crippen LogP contribution is -2.55. The average molecular weight is 731 g/mol. The number of piperazine rings is 1. The lowest BCUT2D eigenvalue weighted by molar-refractivity contribution is -0.143. The van der Waals surface area contributed by atoms with Crippen LogP contribution in [0.25, 0.3) is 11.1 Å². The number of nitrogens with zero attached hydrogens (tertiary/aromatic N) is 4. The number of ether oxygens (including phenoxy) is 1. The maximum atomic E-state index is 14.3. The maximum absolute atomic E-state index is 14.3. The van der Waals surface area contributed by atoms with Crippen LogP contribution in [-0.4, -0.2) is 61.7 Å². The molecule has 1 saturated heterocycles. The van der Waals surface area contributed by atoms with E-state index in [1.54, 1.807) is 19.1 Å². The number of aromatic nitrogens is 1. The second-order valence-corrected chi connectivity index (χ2v) is 13.5. The van der Waals surface area contributed by atoms with Crippen molar-refractivity contribution in [3.8, 4) is 11.1 Å². The number of aryl methyl sites for hydroxylation is 1. The van der Waals surface area contributed by atoms with Crippen molar-refractivity contribution in [1.29, 1.82) is 0 Å². The molecule has 1 aliphatic heterocycles. The third kappa shape index (κ3) is 8.58. The topological polar surface area (TPSA) is 48.9 Å². The number of hydrogen-bond acceptors (Lipinski definition) is 5. The number of carbonyl (C=O) groups excluding carboxylic acids is 1. The van der Waals surface area contributed by atoms with E-state index in [1.165, 1.54) is 44.1 Å². The van der Waals surface area contributed by atoms with Crippen molar-refractivity contribution in [3.63, 3.8) is 0 Å². The number of benzene rings is 3. The maximum Gasteiger partial charge on any atom is 0.416 e. The van der Waals surface area contributed by atoms with Gasteiger partial charge in [0, 0.05) is 32.2 Å². The standard InChI is InChI=1S/C39H41F7N4O2/c1-6-49-14-15-50(31(22-49)24-52-23-26-10-8-7-9-11-26)35-20-33(32-13-12-30(40)16-25(32)2)34(21-47-35)48(5)36(51)37(3,4)27-17-28(38(41,42)43)19-29(18-27)39(44,45)46/h7-13,16-21,31H,6,14-15,22-24H2,1-5H3. The van der Waals surface area contributed by atoms with Gasteiger partial charge in [-0.25, -0.2) is 9.37 Å². The van der Waals surface area contributed by atoms with Crippen molar-refractivity contribution < 1.29 is 40.3 Å². The van der Waals surface area contributed by atoms with Crippen molar-refractivity contribution >= 4 is 17.4 Å². The molecule has 1 aromatic heterocycles. The molecule has 0 saturated carbocycles. The number of rotatable bonds is 10. The van der Waals surface area contributed by atoms with Crippen LogP contribution >= 0.6 is 0 Å². The zero-order valence-electron chi connectivity index (χ0n) is 29.6. The van der Waals surface area contributed by atoms with Crippen LogP contribution in [0.2, 0.25) is 0 Å². The van der Waals surface area contributed by atoms with Crippen LogP contribution < -0.4 is 9.80 Å². The van der Waals surface area contributed by atoms with E-state index in [0.717, 1.165) is 18.7 Å². The smallest absolute Gasteiger partial charge is 0.375 e. The zero-order chi connectivity index (χ0) is 38.0. The number of halogens is 7. The number of pyridine rings is 1. The largest absolute Gasteiger partial charge is 0.416 e. The molecule has 13 heteroatoms. The number of anilines is 2. The molecular formula is C39H41F7N4O2. The van der Waals surface area contributed by atoms with Crippen LogP contribution in [0.3, 0.4) is 0 Å². The van der Waals surface area contributed by atoms with Crippen LogP contribution in [0.1, 0.15) is 48.6 Å². The molecule has 3 aromatic carbocycles. The molecule has 0 radical (unpaired) electrons. The Labute approximate surface area is 298 Å². The van der Waals surface area contributed by atoms with E-state index in [0.29, 0.717) is 60.9 Å². The molecule has 1 amide bonds. The molecular weight excluding hydrogens is 689 g/mol. The molecule has 1 fully saturated rings. The minimum Gasteiger partial charge on any atom is -0.375 e. The molecule has 0 bridgehead atoms. The van der Waals surface area contributed by atoms with Gasteiger partial charge in [-0.3, -0.25) is 9.69 Å². The molecule has 1 unspecified atom stereocenters. The summed E-state index contributed by atoms with van der Waals surface area (Å²) in [5.74, 6) is -0.683. The fourth-order valence-corrected chi connectivity index (χ4v) is 6.51. The van der Waals surface area contributed by atoms with Gasteiger partial charge in [-0.15, -0.1) is 0 Å². The average Bonchev–Trinajstić information content (AvgIpc) is 3.10. The number of hydrogen-bond donors (Lipinski definition) is 0. The first kappa shape index (κ1) is 38.7. The molecule has 278 valence electrons.